The van der Waals surface area contributed by atoms with Crippen molar-refractivity contribution in [3.05, 3.63) is 24.3 Å². The zero-order valence-corrected chi connectivity index (χ0v) is 10.9. The molecule has 0 bridgehead atoms. The summed E-state index contributed by atoms with van der Waals surface area (Å²) in [5.41, 5.74) is -5.21. The highest BCUT2D eigenvalue weighted by Crippen LogP contribution is 2.49. The number of halogens is 7. The molecule has 1 aromatic carbocycles. The summed E-state index contributed by atoms with van der Waals surface area (Å²) in [6.45, 7) is -1.23. The number of aliphatic hydroxyl groups is 1. The normalized spacial score (nSPS) is 14.7. The third-order valence-corrected chi connectivity index (χ3v) is 2.79. The Morgan fingerprint density at radius 3 is 1.77 bits per heavy atom. The Hall–Kier alpha value is -1.45. The fourth-order valence-corrected chi connectivity index (χ4v) is 1.59. The lowest BCUT2D eigenvalue weighted by Gasteiger charge is -2.32. The molecule has 0 aliphatic carbocycles. The van der Waals surface area contributed by atoms with E-state index in [0.717, 1.165) is 0 Å². The molecule has 122 valence electrons. The van der Waals surface area contributed by atoms with Crippen LogP contribution in [0.3, 0.4) is 0 Å². The highest BCUT2D eigenvalue weighted by atomic mass is 19.4. The molecular formula is C12H10BF7O2. The molecule has 1 unspecified atom stereocenters. The third-order valence-electron chi connectivity index (χ3n) is 2.79. The molecule has 0 fully saturated rings. The van der Waals surface area contributed by atoms with Gasteiger partial charge in [-0.15, -0.1) is 0 Å². The van der Waals surface area contributed by atoms with Gasteiger partial charge in [0.2, 0.25) is 0 Å². The van der Waals surface area contributed by atoms with Crippen molar-refractivity contribution >= 4 is 13.3 Å². The van der Waals surface area contributed by atoms with Gasteiger partial charge >= 0.3 is 18.0 Å². The minimum absolute atomic E-state index is 0.153. The Bertz CT molecular complexity index is 470. The van der Waals surface area contributed by atoms with Crippen LogP contribution in [0.15, 0.2) is 24.3 Å². The lowest BCUT2D eigenvalue weighted by molar-refractivity contribution is -0.347. The van der Waals surface area contributed by atoms with Gasteiger partial charge in [-0.3, -0.25) is 0 Å². The molecular weight excluding hydrogens is 320 g/mol. The zero-order valence-electron chi connectivity index (χ0n) is 10.9. The Morgan fingerprint density at radius 2 is 1.41 bits per heavy atom. The molecule has 10 heteroatoms. The van der Waals surface area contributed by atoms with Gasteiger partial charge in [-0.25, -0.2) is 4.39 Å². The summed E-state index contributed by atoms with van der Waals surface area (Å²) >= 11 is 0. The van der Waals surface area contributed by atoms with Crippen molar-refractivity contribution in [1.82, 2.24) is 0 Å². The molecule has 1 rings (SSSR count). The quantitative estimate of drug-likeness (QED) is 0.664. The number of alkyl halides is 7. The Balaban J connectivity index is 2.97. The fourth-order valence-electron chi connectivity index (χ4n) is 1.59. The monoisotopic (exact) mass is 330 g/mol. The first-order chi connectivity index (χ1) is 9.90. The summed E-state index contributed by atoms with van der Waals surface area (Å²) in [5, 5.41) is 8.89. The van der Waals surface area contributed by atoms with E-state index in [4.69, 9.17) is 17.7 Å². The number of hydrogen-bond acceptors (Lipinski definition) is 2. The number of hydrogen-bond donors (Lipinski definition) is 1. The molecule has 0 aliphatic heterocycles. The predicted octanol–water partition coefficient (Wildman–Crippen LogP) is 2.44. The maximum absolute atomic E-state index is 13.5. The van der Waals surface area contributed by atoms with Crippen LogP contribution in [0.25, 0.3) is 0 Å². The Morgan fingerprint density at radius 1 is 0.955 bits per heavy atom. The van der Waals surface area contributed by atoms with E-state index in [1.54, 1.807) is 0 Å². The predicted molar refractivity (Wildman–Crippen MR) is 63.9 cm³/mol. The number of rotatable bonds is 5. The van der Waals surface area contributed by atoms with Crippen LogP contribution in [-0.4, -0.2) is 43.7 Å². The van der Waals surface area contributed by atoms with Crippen LogP contribution in [0, 0.1) is 0 Å². The van der Waals surface area contributed by atoms with Gasteiger partial charge in [0.15, 0.2) is 0 Å². The standard InChI is InChI=1S/C12H10BF7O2/c13-7-1-3-8(4-2-7)22-9(6-21)5-10(14,11(15,16)17)12(18,19)20/h1-4,9,21H,5-6H2. The lowest BCUT2D eigenvalue weighted by atomic mass is 9.96. The van der Waals surface area contributed by atoms with E-state index in [-0.39, 0.29) is 11.2 Å². The van der Waals surface area contributed by atoms with E-state index in [0.29, 0.717) is 0 Å². The number of aliphatic hydroxyl groups excluding tert-OH is 1. The zero-order chi connectivity index (χ0) is 17.2. The van der Waals surface area contributed by atoms with Crippen LogP contribution in [0.1, 0.15) is 6.42 Å². The maximum atomic E-state index is 13.5. The van der Waals surface area contributed by atoms with Gasteiger partial charge < -0.3 is 9.84 Å². The van der Waals surface area contributed by atoms with Gasteiger partial charge in [-0.1, -0.05) is 17.6 Å². The SMILES string of the molecule is [B]c1ccc(OC(CO)CC(F)(C(F)(F)F)C(F)(F)F)cc1. The van der Waals surface area contributed by atoms with E-state index >= 15 is 0 Å². The van der Waals surface area contributed by atoms with Gasteiger partial charge in [0.05, 0.1) is 6.61 Å². The number of benzene rings is 1. The van der Waals surface area contributed by atoms with Gasteiger partial charge in [0, 0.05) is 6.42 Å². The van der Waals surface area contributed by atoms with Crippen LogP contribution in [0.5, 0.6) is 5.75 Å². The van der Waals surface area contributed by atoms with Crippen molar-refractivity contribution in [1.29, 1.82) is 0 Å². The van der Waals surface area contributed by atoms with Crippen molar-refractivity contribution in [2.75, 3.05) is 6.61 Å². The Kier molecular flexibility index (Phi) is 5.37. The molecule has 2 radical (unpaired) electrons. The minimum atomic E-state index is -6.19. The van der Waals surface area contributed by atoms with Gasteiger partial charge in [0.25, 0.3) is 0 Å². The van der Waals surface area contributed by atoms with Crippen LogP contribution < -0.4 is 10.2 Å². The van der Waals surface area contributed by atoms with Crippen molar-refractivity contribution in [2.24, 2.45) is 0 Å². The summed E-state index contributed by atoms with van der Waals surface area (Å²) in [4.78, 5) is 0. The first kappa shape index (κ1) is 18.6. The van der Waals surface area contributed by atoms with E-state index in [1.807, 2.05) is 0 Å². The lowest BCUT2D eigenvalue weighted by Crippen LogP contribution is -2.55. The fraction of sp³-hybridized carbons (Fsp3) is 0.500. The second-order valence-electron chi connectivity index (χ2n) is 4.49. The summed E-state index contributed by atoms with van der Waals surface area (Å²) in [7, 11) is 5.34. The van der Waals surface area contributed by atoms with Crippen molar-refractivity contribution < 1.29 is 40.6 Å². The van der Waals surface area contributed by atoms with Gasteiger partial charge in [-0.05, 0) is 12.1 Å². The van der Waals surface area contributed by atoms with Crippen LogP contribution in [0.4, 0.5) is 30.7 Å². The second kappa shape index (κ2) is 6.35. The van der Waals surface area contributed by atoms with E-state index in [2.05, 4.69) is 0 Å². The number of ether oxygens (including phenoxy) is 1. The average Bonchev–Trinajstić information content (AvgIpc) is 2.37. The Labute approximate surface area is 122 Å². The molecule has 1 atom stereocenters. The molecule has 0 heterocycles. The molecule has 0 aromatic heterocycles. The molecule has 2 nitrogen and oxygen atoms in total. The largest absolute Gasteiger partial charge is 0.488 e. The minimum Gasteiger partial charge on any atom is -0.488 e. The second-order valence-corrected chi connectivity index (χ2v) is 4.49. The highest BCUT2D eigenvalue weighted by Gasteiger charge is 2.72. The van der Waals surface area contributed by atoms with E-state index < -0.39 is 37.2 Å². The van der Waals surface area contributed by atoms with Gasteiger partial charge in [0.1, 0.15) is 19.7 Å². The summed E-state index contributed by atoms with van der Waals surface area (Å²) in [6, 6.07) is 4.89. The first-order valence-electron chi connectivity index (χ1n) is 5.86. The van der Waals surface area contributed by atoms with Crippen molar-refractivity contribution in [3.63, 3.8) is 0 Å². The summed E-state index contributed by atoms with van der Waals surface area (Å²) in [6.07, 6.45) is -16.6. The topological polar surface area (TPSA) is 29.5 Å². The molecule has 0 spiro atoms. The molecule has 22 heavy (non-hydrogen) atoms. The summed E-state index contributed by atoms with van der Waals surface area (Å²) in [5.74, 6) is -0.153. The van der Waals surface area contributed by atoms with E-state index in [1.165, 1.54) is 24.3 Å². The van der Waals surface area contributed by atoms with Crippen molar-refractivity contribution in [2.45, 2.75) is 30.5 Å². The molecule has 0 aliphatic rings. The summed E-state index contributed by atoms with van der Waals surface area (Å²) < 4.78 is 92.9. The maximum Gasteiger partial charge on any atom is 0.431 e. The van der Waals surface area contributed by atoms with Crippen LogP contribution in [0.2, 0.25) is 0 Å². The van der Waals surface area contributed by atoms with Crippen LogP contribution in [-0.2, 0) is 0 Å². The van der Waals surface area contributed by atoms with Crippen LogP contribution >= 0.6 is 0 Å². The average molecular weight is 330 g/mol. The molecule has 0 saturated heterocycles. The molecule has 1 aromatic rings. The smallest absolute Gasteiger partial charge is 0.431 e. The third kappa shape index (κ3) is 4.05. The first-order valence-corrected chi connectivity index (χ1v) is 5.86. The molecule has 1 N–H and O–H groups in total. The van der Waals surface area contributed by atoms with Gasteiger partial charge in [-0.2, -0.15) is 26.3 Å². The highest BCUT2D eigenvalue weighted by molar-refractivity contribution is 6.32. The van der Waals surface area contributed by atoms with E-state index in [9.17, 15) is 30.7 Å². The molecule has 0 amide bonds. The molecule has 0 saturated carbocycles. The van der Waals surface area contributed by atoms with Crippen molar-refractivity contribution in [3.8, 4) is 5.75 Å².